The molecule has 0 heterocycles. The molecule has 0 aromatic heterocycles. The second-order valence-electron chi connectivity index (χ2n) is 9.94. The molecule has 4 rings (SSSR count). The van der Waals surface area contributed by atoms with Crippen LogP contribution in [-0.4, -0.2) is 23.1 Å². The highest BCUT2D eigenvalue weighted by Crippen LogP contribution is 2.68. The first kappa shape index (κ1) is 18.9. The van der Waals surface area contributed by atoms with Gasteiger partial charge in [0.05, 0.1) is 0 Å². The molecule has 0 aliphatic heterocycles. The van der Waals surface area contributed by atoms with Crippen molar-refractivity contribution in [2.75, 3.05) is 0 Å². The van der Waals surface area contributed by atoms with E-state index < -0.39 is 5.60 Å². The summed E-state index contributed by atoms with van der Waals surface area (Å²) in [5.74, 6) is 1.48. The Bertz CT molecular complexity index is 737. The fourth-order valence-electron chi connectivity index (χ4n) is 7.62. The van der Waals surface area contributed by atoms with Crippen LogP contribution in [0.5, 0.6) is 0 Å². The van der Waals surface area contributed by atoms with E-state index in [4.69, 9.17) is 4.74 Å². The number of Topliss-reactive ketones (excluding diaryl/α,β-unsaturated/α-hetero) is 1. The van der Waals surface area contributed by atoms with Crippen molar-refractivity contribution >= 4 is 17.5 Å². The molecule has 0 amide bonds. The van der Waals surface area contributed by atoms with E-state index in [0.717, 1.165) is 38.5 Å². The predicted octanol–water partition coefficient (Wildman–Crippen LogP) is 4.41. The van der Waals surface area contributed by atoms with Gasteiger partial charge in [-0.25, -0.2) is 0 Å². The van der Waals surface area contributed by atoms with Crippen LogP contribution in [0.25, 0.3) is 0 Å². The number of hydrogen-bond donors (Lipinski definition) is 0. The lowest BCUT2D eigenvalue weighted by Crippen LogP contribution is -2.58. The Hall–Kier alpha value is -1.45. The van der Waals surface area contributed by atoms with Gasteiger partial charge in [-0.3, -0.25) is 14.4 Å². The van der Waals surface area contributed by atoms with Crippen molar-refractivity contribution in [3.63, 3.8) is 0 Å². The number of carbonyl (C=O) groups is 3. The molecule has 6 atom stereocenters. The number of rotatable bonds is 2. The van der Waals surface area contributed by atoms with Gasteiger partial charge < -0.3 is 4.74 Å². The number of ketones is 2. The summed E-state index contributed by atoms with van der Waals surface area (Å²) in [6, 6.07) is 0. The lowest BCUT2D eigenvalue weighted by Gasteiger charge is -2.59. The summed E-state index contributed by atoms with van der Waals surface area (Å²) in [6.45, 7) is 7.58. The monoisotopic (exact) mass is 372 g/mol. The van der Waals surface area contributed by atoms with E-state index in [0.29, 0.717) is 30.6 Å². The van der Waals surface area contributed by atoms with Gasteiger partial charge in [0.2, 0.25) is 0 Å². The molecule has 27 heavy (non-hydrogen) atoms. The van der Waals surface area contributed by atoms with Crippen LogP contribution in [0.15, 0.2) is 11.6 Å². The fraction of sp³-hybridized carbons (Fsp3) is 0.783. The van der Waals surface area contributed by atoms with Gasteiger partial charge in [-0.05, 0) is 81.1 Å². The Morgan fingerprint density at radius 1 is 1.00 bits per heavy atom. The number of allylic oxidation sites excluding steroid dienone is 1. The average Bonchev–Trinajstić information content (AvgIpc) is 2.89. The zero-order valence-corrected chi connectivity index (χ0v) is 17.1. The van der Waals surface area contributed by atoms with Crippen LogP contribution in [0.1, 0.15) is 79.1 Å². The van der Waals surface area contributed by atoms with Crippen molar-refractivity contribution in [2.24, 2.45) is 28.6 Å². The molecular formula is C23H32O4. The first-order valence-corrected chi connectivity index (χ1v) is 10.6. The molecule has 0 aromatic carbocycles. The standard InChI is InChI=1S/C23H32O4/c1-14(24)23(27-15(2)25)12-9-20-18-6-5-16-13-17(26)7-10-21(16,3)19(18)8-11-22(20,23)4/h13,18-20H,5-12H2,1-4H3/t18-,19+,20+,21-,22-,23+/m1/s1. The van der Waals surface area contributed by atoms with Crippen molar-refractivity contribution in [3.8, 4) is 0 Å². The Balaban J connectivity index is 1.70. The molecule has 148 valence electrons. The Morgan fingerprint density at radius 3 is 2.37 bits per heavy atom. The number of fused-ring (bicyclic) bond motifs is 5. The molecule has 0 radical (unpaired) electrons. The van der Waals surface area contributed by atoms with Gasteiger partial charge in [-0.1, -0.05) is 19.4 Å². The number of ether oxygens (including phenoxy) is 1. The molecule has 4 aliphatic rings. The van der Waals surface area contributed by atoms with Crippen LogP contribution >= 0.6 is 0 Å². The minimum absolute atomic E-state index is 0.00650. The molecule has 4 aliphatic carbocycles. The minimum Gasteiger partial charge on any atom is -0.451 e. The molecule has 3 saturated carbocycles. The summed E-state index contributed by atoms with van der Waals surface area (Å²) in [4.78, 5) is 36.5. The third-order valence-electron chi connectivity index (χ3n) is 8.97. The van der Waals surface area contributed by atoms with E-state index in [2.05, 4.69) is 13.8 Å². The van der Waals surface area contributed by atoms with Gasteiger partial charge >= 0.3 is 5.97 Å². The smallest absolute Gasteiger partial charge is 0.303 e. The molecular weight excluding hydrogens is 340 g/mol. The van der Waals surface area contributed by atoms with Gasteiger partial charge in [-0.15, -0.1) is 0 Å². The van der Waals surface area contributed by atoms with Crippen molar-refractivity contribution in [3.05, 3.63) is 11.6 Å². The first-order chi connectivity index (χ1) is 12.6. The van der Waals surface area contributed by atoms with E-state index in [-0.39, 0.29) is 28.4 Å². The Labute approximate surface area is 162 Å². The van der Waals surface area contributed by atoms with Crippen LogP contribution in [0.2, 0.25) is 0 Å². The van der Waals surface area contributed by atoms with E-state index in [1.54, 1.807) is 6.92 Å². The van der Waals surface area contributed by atoms with Gasteiger partial charge in [0.1, 0.15) is 0 Å². The van der Waals surface area contributed by atoms with Crippen molar-refractivity contribution in [1.82, 2.24) is 0 Å². The van der Waals surface area contributed by atoms with Crippen molar-refractivity contribution in [1.29, 1.82) is 0 Å². The summed E-state index contributed by atoms with van der Waals surface area (Å²) in [5, 5.41) is 0. The highest BCUT2D eigenvalue weighted by Gasteiger charge is 2.67. The topological polar surface area (TPSA) is 60.4 Å². The first-order valence-electron chi connectivity index (χ1n) is 10.6. The molecule has 4 nitrogen and oxygen atoms in total. The molecule has 0 bridgehead atoms. The van der Waals surface area contributed by atoms with E-state index in [1.165, 1.54) is 12.5 Å². The maximum Gasteiger partial charge on any atom is 0.303 e. The average molecular weight is 373 g/mol. The summed E-state index contributed by atoms with van der Waals surface area (Å²) < 4.78 is 5.81. The van der Waals surface area contributed by atoms with Crippen LogP contribution in [0, 0.1) is 28.6 Å². The normalized spacial score (nSPS) is 46.0. The third-order valence-corrected chi connectivity index (χ3v) is 8.97. The molecule has 0 unspecified atom stereocenters. The number of hydrogen-bond acceptors (Lipinski definition) is 4. The number of esters is 1. The Morgan fingerprint density at radius 2 is 1.70 bits per heavy atom. The molecule has 0 N–H and O–H groups in total. The number of carbonyl (C=O) groups excluding carboxylic acids is 3. The lowest BCUT2D eigenvalue weighted by molar-refractivity contribution is -0.187. The van der Waals surface area contributed by atoms with Gasteiger partial charge in [-0.2, -0.15) is 0 Å². The van der Waals surface area contributed by atoms with Crippen LogP contribution in [-0.2, 0) is 19.1 Å². The van der Waals surface area contributed by atoms with E-state index in [9.17, 15) is 14.4 Å². The third kappa shape index (κ3) is 2.44. The van der Waals surface area contributed by atoms with Gasteiger partial charge in [0.15, 0.2) is 17.2 Å². The zero-order valence-electron chi connectivity index (χ0n) is 17.1. The second-order valence-corrected chi connectivity index (χ2v) is 9.94. The SMILES string of the molecule is CC(=O)O[C@]1(C(C)=O)CC[C@H]2[C@@H]3CCC4=CC(=O)CC[C@@]4(C)[C@H]3CC[C@]21C. The zero-order chi connectivity index (χ0) is 19.6. The second kappa shape index (κ2) is 6.02. The quantitative estimate of drug-likeness (QED) is 0.674. The molecule has 0 spiro atoms. The molecule has 0 saturated heterocycles. The fourth-order valence-corrected chi connectivity index (χ4v) is 7.62. The van der Waals surface area contributed by atoms with Crippen LogP contribution < -0.4 is 0 Å². The summed E-state index contributed by atoms with van der Waals surface area (Å²) in [6.07, 6.45) is 9.23. The van der Waals surface area contributed by atoms with Gasteiger partial charge in [0.25, 0.3) is 0 Å². The highest BCUT2D eigenvalue weighted by atomic mass is 16.6. The highest BCUT2D eigenvalue weighted by molar-refractivity contribution is 5.91. The maximum atomic E-state index is 12.7. The largest absolute Gasteiger partial charge is 0.451 e. The molecule has 3 fully saturated rings. The maximum absolute atomic E-state index is 12.7. The van der Waals surface area contributed by atoms with Crippen molar-refractivity contribution in [2.45, 2.75) is 84.7 Å². The summed E-state index contributed by atoms with van der Waals surface area (Å²) >= 11 is 0. The predicted molar refractivity (Wildman–Crippen MR) is 102 cm³/mol. The summed E-state index contributed by atoms with van der Waals surface area (Å²) in [5.41, 5.74) is 0.266. The minimum atomic E-state index is -0.950. The van der Waals surface area contributed by atoms with Crippen molar-refractivity contribution < 1.29 is 19.1 Å². The van der Waals surface area contributed by atoms with Crippen LogP contribution in [0.4, 0.5) is 0 Å². The summed E-state index contributed by atoms with van der Waals surface area (Å²) in [7, 11) is 0. The van der Waals surface area contributed by atoms with E-state index >= 15 is 0 Å². The van der Waals surface area contributed by atoms with E-state index in [1.807, 2.05) is 6.08 Å². The van der Waals surface area contributed by atoms with Gasteiger partial charge in [0, 0.05) is 18.8 Å². The molecule has 0 aromatic rings. The lowest BCUT2D eigenvalue weighted by atomic mass is 9.46. The van der Waals surface area contributed by atoms with Crippen LogP contribution in [0.3, 0.4) is 0 Å². The Kier molecular flexibility index (Phi) is 4.21. The molecule has 4 heteroatoms.